The topological polar surface area (TPSA) is 12.4 Å². The second-order valence-electron chi connectivity index (χ2n) is 5.84. The van der Waals surface area contributed by atoms with Gasteiger partial charge in [-0.1, -0.05) is 57.3 Å². The fraction of sp³-hybridized carbons (Fsp3) is 0.812. The summed E-state index contributed by atoms with van der Waals surface area (Å²) < 4.78 is 0. The molecule has 2 heteroatoms. The molecule has 0 aliphatic carbocycles. The summed E-state index contributed by atoms with van der Waals surface area (Å²) in [5, 5.41) is 3.07. The Labute approximate surface area is 115 Å². The van der Waals surface area contributed by atoms with Gasteiger partial charge in [-0.25, -0.2) is 0 Å². The van der Waals surface area contributed by atoms with Crippen LogP contribution in [0.25, 0.3) is 0 Å². The maximum absolute atomic E-state index is 5.01. The van der Waals surface area contributed by atoms with Crippen LogP contribution in [-0.4, -0.2) is 20.0 Å². The van der Waals surface area contributed by atoms with Gasteiger partial charge in [0.1, 0.15) is 8.07 Å². The smallest absolute Gasteiger partial charge is 0.127 e. The monoisotopic (exact) mass is 265 g/mol. The maximum Gasteiger partial charge on any atom is 0.127 e. The molecule has 0 spiro atoms. The third-order valence-electron chi connectivity index (χ3n) is 4.68. The van der Waals surface area contributed by atoms with Crippen molar-refractivity contribution in [1.29, 1.82) is 0 Å². The third kappa shape index (κ3) is 4.08. The van der Waals surface area contributed by atoms with Gasteiger partial charge in [-0.2, -0.15) is 0 Å². The van der Waals surface area contributed by atoms with Crippen LogP contribution < -0.4 is 0 Å². The van der Waals surface area contributed by atoms with Crippen LogP contribution in [0.5, 0.6) is 0 Å². The van der Waals surface area contributed by atoms with E-state index in [1.165, 1.54) is 56.2 Å². The van der Waals surface area contributed by atoms with Crippen LogP contribution in [-0.2, 0) is 0 Å². The molecular formula is C16H31NSi. The molecular weight excluding hydrogens is 234 g/mol. The van der Waals surface area contributed by atoms with Crippen molar-refractivity contribution in [2.75, 3.05) is 6.54 Å². The molecule has 1 atom stereocenters. The van der Waals surface area contributed by atoms with Gasteiger partial charge in [-0.3, -0.25) is 4.99 Å². The summed E-state index contributed by atoms with van der Waals surface area (Å²) in [4.78, 5) is 5.01. The van der Waals surface area contributed by atoms with Crippen molar-refractivity contribution in [2.24, 2.45) is 4.99 Å². The second-order valence-corrected chi connectivity index (χ2v) is 10.5. The van der Waals surface area contributed by atoms with Crippen molar-refractivity contribution in [3.8, 4) is 0 Å². The van der Waals surface area contributed by atoms with Crippen molar-refractivity contribution < 1.29 is 0 Å². The van der Waals surface area contributed by atoms with Crippen LogP contribution >= 0.6 is 0 Å². The normalized spacial score (nSPS) is 21.8. The van der Waals surface area contributed by atoms with Gasteiger partial charge in [-0.05, 0) is 25.7 Å². The number of allylic oxidation sites excluding steroid dienone is 1. The summed E-state index contributed by atoms with van der Waals surface area (Å²) in [7, 11) is -1.46. The first kappa shape index (κ1) is 15.7. The zero-order valence-corrected chi connectivity index (χ0v) is 13.7. The standard InChI is InChI=1S/C16H31NSi/c1-5-15(3)18(4,6-2)16-13-11-9-7-8-10-12-14-17-16/h3,5-14H2,1-2,4H3. The lowest BCUT2D eigenvalue weighted by atomic mass is 10.1. The van der Waals surface area contributed by atoms with Gasteiger partial charge in [0.05, 0.1) is 0 Å². The fourth-order valence-electron chi connectivity index (χ4n) is 2.90. The van der Waals surface area contributed by atoms with E-state index in [9.17, 15) is 0 Å². The lowest BCUT2D eigenvalue weighted by molar-refractivity contribution is 0.597. The minimum atomic E-state index is -1.46. The summed E-state index contributed by atoms with van der Waals surface area (Å²) in [5.41, 5.74) is 0. The highest BCUT2D eigenvalue weighted by atomic mass is 28.3. The summed E-state index contributed by atoms with van der Waals surface area (Å²) in [6.45, 7) is 12.5. The zero-order valence-electron chi connectivity index (χ0n) is 12.7. The van der Waals surface area contributed by atoms with Crippen LogP contribution in [0.1, 0.15) is 65.2 Å². The molecule has 0 saturated carbocycles. The van der Waals surface area contributed by atoms with Crippen LogP contribution in [0.2, 0.25) is 12.6 Å². The Morgan fingerprint density at radius 3 is 2.33 bits per heavy atom. The molecule has 0 N–H and O–H groups in total. The van der Waals surface area contributed by atoms with Crippen LogP contribution in [0.4, 0.5) is 0 Å². The van der Waals surface area contributed by atoms with E-state index in [1.807, 2.05) is 0 Å². The molecule has 0 bridgehead atoms. The molecule has 0 fully saturated rings. The SMILES string of the molecule is C=C(CC)[Si](C)(CC)C1=NCCCCCCCC1. The number of hydrogen-bond donors (Lipinski definition) is 0. The number of hydrogen-bond acceptors (Lipinski definition) is 1. The molecule has 0 radical (unpaired) electrons. The second kappa shape index (κ2) is 7.93. The van der Waals surface area contributed by atoms with Gasteiger partial charge < -0.3 is 0 Å². The molecule has 1 unspecified atom stereocenters. The van der Waals surface area contributed by atoms with Gasteiger partial charge >= 0.3 is 0 Å². The largest absolute Gasteiger partial charge is 0.298 e. The van der Waals surface area contributed by atoms with E-state index in [4.69, 9.17) is 4.99 Å². The van der Waals surface area contributed by atoms with E-state index in [0.717, 1.165) is 13.0 Å². The molecule has 0 amide bonds. The zero-order chi connectivity index (χ0) is 13.4. The minimum absolute atomic E-state index is 1.06. The van der Waals surface area contributed by atoms with Crippen molar-refractivity contribution in [1.82, 2.24) is 0 Å². The summed E-state index contributed by atoms with van der Waals surface area (Å²) in [6, 6.07) is 1.28. The Bertz CT molecular complexity index is 295. The van der Waals surface area contributed by atoms with E-state index in [2.05, 4.69) is 27.0 Å². The van der Waals surface area contributed by atoms with Gasteiger partial charge in [0.2, 0.25) is 0 Å². The third-order valence-corrected chi connectivity index (χ3v) is 9.69. The minimum Gasteiger partial charge on any atom is -0.298 e. The van der Waals surface area contributed by atoms with Crippen molar-refractivity contribution in [3.63, 3.8) is 0 Å². The Balaban J connectivity index is 2.84. The van der Waals surface area contributed by atoms with E-state index >= 15 is 0 Å². The quantitative estimate of drug-likeness (QED) is 0.610. The molecule has 1 aliphatic rings. The van der Waals surface area contributed by atoms with Crippen molar-refractivity contribution in [3.05, 3.63) is 11.8 Å². The highest BCUT2D eigenvalue weighted by Gasteiger charge is 2.33. The van der Waals surface area contributed by atoms with E-state index in [-0.39, 0.29) is 0 Å². The van der Waals surface area contributed by atoms with Gasteiger partial charge in [0, 0.05) is 11.9 Å². The molecule has 1 heterocycles. The van der Waals surface area contributed by atoms with Gasteiger partial charge in [0.25, 0.3) is 0 Å². The van der Waals surface area contributed by atoms with Gasteiger partial charge in [0.15, 0.2) is 0 Å². The number of nitrogens with zero attached hydrogens (tertiary/aromatic N) is 1. The summed E-state index contributed by atoms with van der Waals surface area (Å²) >= 11 is 0. The highest BCUT2D eigenvalue weighted by molar-refractivity contribution is 7.10. The van der Waals surface area contributed by atoms with E-state index in [0.29, 0.717) is 0 Å². The Morgan fingerprint density at radius 1 is 1.11 bits per heavy atom. The van der Waals surface area contributed by atoms with Crippen LogP contribution in [0.15, 0.2) is 16.8 Å². The Hall–Kier alpha value is -0.373. The summed E-state index contributed by atoms with van der Waals surface area (Å²) in [5.74, 6) is 0. The first-order chi connectivity index (χ1) is 8.65. The van der Waals surface area contributed by atoms with E-state index < -0.39 is 8.07 Å². The lowest BCUT2D eigenvalue weighted by Gasteiger charge is -2.30. The average molecular weight is 266 g/mol. The Kier molecular flexibility index (Phi) is 6.91. The molecule has 18 heavy (non-hydrogen) atoms. The molecule has 0 aromatic carbocycles. The van der Waals surface area contributed by atoms with E-state index in [1.54, 1.807) is 5.33 Å². The molecule has 0 saturated heterocycles. The predicted octanol–water partition coefficient (Wildman–Crippen LogP) is 5.31. The first-order valence-corrected chi connectivity index (χ1v) is 10.6. The maximum atomic E-state index is 5.01. The molecule has 0 aromatic rings. The van der Waals surface area contributed by atoms with Crippen molar-refractivity contribution >= 4 is 13.4 Å². The predicted molar refractivity (Wildman–Crippen MR) is 86.2 cm³/mol. The summed E-state index contributed by atoms with van der Waals surface area (Å²) in [6.07, 6.45) is 10.6. The Morgan fingerprint density at radius 2 is 1.72 bits per heavy atom. The van der Waals surface area contributed by atoms with Crippen LogP contribution in [0.3, 0.4) is 0 Å². The molecule has 1 rings (SSSR count). The first-order valence-electron chi connectivity index (χ1n) is 7.87. The van der Waals surface area contributed by atoms with Crippen molar-refractivity contribution in [2.45, 2.75) is 77.8 Å². The fourth-order valence-corrected chi connectivity index (χ4v) is 6.19. The number of rotatable bonds is 4. The van der Waals surface area contributed by atoms with Crippen LogP contribution in [0, 0.1) is 0 Å². The molecule has 1 aliphatic heterocycles. The van der Waals surface area contributed by atoms with Gasteiger partial charge in [-0.15, -0.1) is 6.58 Å². The molecule has 104 valence electrons. The molecule has 1 nitrogen and oxygen atoms in total. The average Bonchev–Trinajstić information content (AvgIpc) is 2.42. The highest BCUT2D eigenvalue weighted by Crippen LogP contribution is 2.26. The number of aliphatic imine (C=N–C) groups is 1. The lowest BCUT2D eigenvalue weighted by Crippen LogP contribution is -2.42. The molecule has 0 aromatic heterocycles.